The van der Waals surface area contributed by atoms with Gasteiger partial charge in [0.05, 0.1) is 28.5 Å². The van der Waals surface area contributed by atoms with E-state index in [4.69, 9.17) is 0 Å². The van der Waals surface area contributed by atoms with Gasteiger partial charge in [0.15, 0.2) is 15.7 Å². The van der Waals surface area contributed by atoms with Crippen LogP contribution < -0.4 is 5.56 Å². The van der Waals surface area contributed by atoms with Crippen LogP contribution in [-0.2, 0) is 22.2 Å². The maximum Gasteiger partial charge on any atom is 0.417 e. The fraction of sp³-hybridized carbons (Fsp3) is 0.235. The van der Waals surface area contributed by atoms with E-state index in [0.29, 0.717) is 23.0 Å². The predicted octanol–water partition coefficient (Wildman–Crippen LogP) is 3.61. The number of hydrogen-bond donors (Lipinski definition) is 0. The Bertz CT molecular complexity index is 1300. The maximum atomic E-state index is 13.0. The lowest BCUT2D eigenvalue weighted by atomic mass is 10.1. The number of hydrogen-bond acceptors (Lipinski definition) is 5. The van der Waals surface area contributed by atoms with Gasteiger partial charge >= 0.3 is 12.4 Å². The first kappa shape index (κ1) is 21.7. The van der Waals surface area contributed by atoms with Gasteiger partial charge in [-0.1, -0.05) is 13.0 Å². The lowest BCUT2D eigenvalue weighted by Crippen LogP contribution is -2.25. The van der Waals surface area contributed by atoms with E-state index in [1.54, 1.807) is 0 Å². The molecule has 160 valence electrons. The highest BCUT2D eigenvalue weighted by Gasteiger charge is 2.34. The second-order valence-corrected chi connectivity index (χ2v) is 8.35. The molecule has 1 aromatic carbocycles. The van der Waals surface area contributed by atoms with Crippen molar-refractivity contribution in [2.75, 3.05) is 5.75 Å². The smallest absolute Gasteiger partial charge is 0.267 e. The Labute approximate surface area is 164 Å². The van der Waals surface area contributed by atoms with Crippen molar-refractivity contribution in [1.82, 2.24) is 14.8 Å². The molecule has 2 heterocycles. The fourth-order valence-electron chi connectivity index (χ4n) is 2.60. The van der Waals surface area contributed by atoms with Crippen LogP contribution in [0.25, 0.3) is 16.6 Å². The molecule has 13 heteroatoms. The summed E-state index contributed by atoms with van der Waals surface area (Å²) in [6.45, 7) is 1.17. The van der Waals surface area contributed by atoms with Gasteiger partial charge in [0.25, 0.3) is 5.56 Å². The summed E-state index contributed by atoms with van der Waals surface area (Å²) in [5.74, 6) is -1.35. The molecule has 0 aliphatic heterocycles. The molecule has 0 fully saturated rings. The number of halogens is 6. The zero-order valence-corrected chi connectivity index (χ0v) is 15.7. The predicted molar refractivity (Wildman–Crippen MR) is 92.9 cm³/mol. The maximum absolute atomic E-state index is 13.0. The van der Waals surface area contributed by atoms with Crippen molar-refractivity contribution < 1.29 is 34.8 Å². The molecule has 3 aromatic rings. The topological polar surface area (TPSA) is 81.9 Å². The molecule has 0 aliphatic rings. The minimum atomic E-state index is -4.91. The number of fused-ring (bicyclic) bond motifs is 1. The minimum absolute atomic E-state index is 0.0241. The fourth-order valence-corrected chi connectivity index (χ4v) is 3.64. The van der Waals surface area contributed by atoms with Crippen LogP contribution in [0, 0.1) is 0 Å². The Morgan fingerprint density at radius 3 is 2.17 bits per heavy atom. The van der Waals surface area contributed by atoms with Crippen LogP contribution in [0.1, 0.15) is 18.1 Å². The van der Waals surface area contributed by atoms with Gasteiger partial charge in [-0.2, -0.15) is 36.1 Å². The highest BCUT2D eigenvalue weighted by molar-refractivity contribution is 7.91. The molecule has 0 unspecified atom stereocenters. The van der Waals surface area contributed by atoms with Crippen molar-refractivity contribution in [3.05, 3.63) is 58.1 Å². The van der Waals surface area contributed by atoms with Gasteiger partial charge in [0.2, 0.25) is 0 Å². The summed E-state index contributed by atoms with van der Waals surface area (Å²) in [5, 5.41) is 3.25. The van der Waals surface area contributed by atoms with Gasteiger partial charge in [0.1, 0.15) is 4.90 Å². The molecule has 0 N–H and O–H groups in total. The average molecular weight is 451 g/mol. The summed E-state index contributed by atoms with van der Waals surface area (Å²) in [6.07, 6.45) is -8.36. The van der Waals surface area contributed by atoms with E-state index in [0.717, 1.165) is 18.3 Å². The van der Waals surface area contributed by atoms with E-state index < -0.39 is 60.7 Å². The standard InChI is InChI=1S/C17H11F6N3O3S/c1-2-30(28,29)13-6-11(17(21,22)23)8-24-14(13)26-15(27)12-5-10(16(18,19)20)4-3-9(12)7-25-26/h3-8H,2H2,1H3. The highest BCUT2D eigenvalue weighted by Crippen LogP contribution is 2.33. The molecule has 0 saturated carbocycles. The van der Waals surface area contributed by atoms with E-state index in [1.807, 2.05) is 0 Å². The molecule has 0 spiro atoms. The van der Waals surface area contributed by atoms with Crippen LogP contribution in [-0.4, -0.2) is 28.9 Å². The number of nitrogens with zero attached hydrogens (tertiary/aromatic N) is 3. The number of rotatable bonds is 3. The molecule has 0 bridgehead atoms. The SMILES string of the molecule is CCS(=O)(=O)c1cc(C(F)(F)F)cnc1-n1ncc2ccc(C(F)(F)F)cc2c1=O. The van der Waals surface area contributed by atoms with Crippen molar-refractivity contribution in [1.29, 1.82) is 0 Å². The Hall–Kier alpha value is -2.96. The molecular weight excluding hydrogens is 440 g/mol. The number of alkyl halides is 6. The zero-order chi connectivity index (χ0) is 22.5. The number of benzene rings is 1. The first-order chi connectivity index (χ1) is 13.8. The van der Waals surface area contributed by atoms with Crippen molar-refractivity contribution >= 4 is 20.6 Å². The Morgan fingerprint density at radius 2 is 1.60 bits per heavy atom. The Morgan fingerprint density at radius 1 is 0.967 bits per heavy atom. The van der Waals surface area contributed by atoms with Crippen molar-refractivity contribution in [2.45, 2.75) is 24.2 Å². The van der Waals surface area contributed by atoms with Gasteiger partial charge in [-0.15, -0.1) is 0 Å². The number of pyridine rings is 1. The van der Waals surface area contributed by atoms with Gasteiger partial charge in [-0.25, -0.2) is 13.4 Å². The first-order valence-electron chi connectivity index (χ1n) is 8.15. The highest BCUT2D eigenvalue weighted by atomic mass is 32.2. The quantitative estimate of drug-likeness (QED) is 0.569. The lowest BCUT2D eigenvalue weighted by molar-refractivity contribution is -0.138. The minimum Gasteiger partial charge on any atom is -0.267 e. The molecule has 0 aliphatic carbocycles. The van der Waals surface area contributed by atoms with Crippen LogP contribution in [0.3, 0.4) is 0 Å². The molecule has 0 atom stereocenters. The third kappa shape index (κ3) is 3.88. The first-order valence-corrected chi connectivity index (χ1v) is 9.80. The molecule has 0 amide bonds. The van der Waals surface area contributed by atoms with E-state index in [-0.39, 0.29) is 5.39 Å². The number of aromatic nitrogens is 3. The summed E-state index contributed by atoms with van der Waals surface area (Å²) < 4.78 is 103. The number of sulfone groups is 1. The second-order valence-electron chi connectivity index (χ2n) is 6.11. The monoisotopic (exact) mass is 451 g/mol. The third-order valence-corrected chi connectivity index (χ3v) is 5.92. The second kappa shape index (κ2) is 7.07. The summed E-state index contributed by atoms with van der Waals surface area (Å²) in [6, 6.07) is 2.59. The van der Waals surface area contributed by atoms with Crippen LogP contribution in [0.5, 0.6) is 0 Å². The van der Waals surface area contributed by atoms with E-state index in [1.165, 1.54) is 6.92 Å². The summed E-state index contributed by atoms with van der Waals surface area (Å²) in [4.78, 5) is 15.3. The van der Waals surface area contributed by atoms with Crippen LogP contribution >= 0.6 is 0 Å². The summed E-state index contributed by atoms with van der Waals surface area (Å²) in [5.41, 5.74) is -3.67. The van der Waals surface area contributed by atoms with E-state index in [9.17, 15) is 39.6 Å². The summed E-state index contributed by atoms with van der Waals surface area (Å²) >= 11 is 0. The summed E-state index contributed by atoms with van der Waals surface area (Å²) in [7, 11) is -4.30. The molecule has 3 rings (SSSR count). The van der Waals surface area contributed by atoms with Crippen LogP contribution in [0.15, 0.2) is 46.3 Å². The largest absolute Gasteiger partial charge is 0.417 e. The van der Waals surface area contributed by atoms with Crippen LogP contribution in [0.4, 0.5) is 26.3 Å². The molecule has 0 radical (unpaired) electrons. The molecule has 30 heavy (non-hydrogen) atoms. The molecule has 2 aromatic heterocycles. The Balaban J connectivity index is 2.35. The van der Waals surface area contributed by atoms with E-state index >= 15 is 0 Å². The van der Waals surface area contributed by atoms with Crippen molar-refractivity contribution in [3.8, 4) is 5.82 Å². The Kier molecular flexibility index (Phi) is 5.13. The van der Waals surface area contributed by atoms with Crippen molar-refractivity contribution in [3.63, 3.8) is 0 Å². The zero-order valence-electron chi connectivity index (χ0n) is 14.9. The van der Waals surface area contributed by atoms with Crippen LogP contribution in [0.2, 0.25) is 0 Å². The van der Waals surface area contributed by atoms with Gasteiger partial charge in [-0.3, -0.25) is 4.79 Å². The molecule has 6 nitrogen and oxygen atoms in total. The lowest BCUT2D eigenvalue weighted by Gasteiger charge is -2.14. The van der Waals surface area contributed by atoms with Gasteiger partial charge in [0, 0.05) is 11.6 Å². The van der Waals surface area contributed by atoms with Gasteiger partial charge in [-0.05, 0) is 18.2 Å². The normalized spacial score (nSPS) is 13.0. The molecule has 0 saturated heterocycles. The van der Waals surface area contributed by atoms with E-state index in [2.05, 4.69) is 10.1 Å². The van der Waals surface area contributed by atoms with Crippen molar-refractivity contribution in [2.24, 2.45) is 0 Å². The molecular formula is C17H11F6N3O3S. The average Bonchev–Trinajstić information content (AvgIpc) is 2.66. The third-order valence-electron chi connectivity index (χ3n) is 4.19. The van der Waals surface area contributed by atoms with Gasteiger partial charge < -0.3 is 0 Å².